The predicted octanol–water partition coefficient (Wildman–Crippen LogP) is 2.04. The number of hydrogen-bond donors (Lipinski definition) is 1. The van der Waals surface area contributed by atoms with Crippen LogP contribution in [0, 0.1) is 5.92 Å². The summed E-state index contributed by atoms with van der Waals surface area (Å²) in [5.41, 5.74) is 1.21. The average Bonchev–Trinajstić information content (AvgIpc) is 2.37. The SMILES string of the molecule is COc1cccc(-c2nc(CC(C)C)cc(=O)[nH]2)n1. The molecule has 0 unspecified atom stereocenters. The minimum absolute atomic E-state index is 0.162. The van der Waals surface area contributed by atoms with Gasteiger partial charge in [0.15, 0.2) is 5.82 Å². The minimum Gasteiger partial charge on any atom is -0.481 e. The molecule has 0 saturated heterocycles. The molecule has 2 aromatic rings. The molecule has 0 bridgehead atoms. The minimum atomic E-state index is -0.162. The summed E-state index contributed by atoms with van der Waals surface area (Å²) in [5, 5.41) is 0. The lowest BCUT2D eigenvalue weighted by Crippen LogP contribution is -2.12. The molecule has 5 nitrogen and oxygen atoms in total. The lowest BCUT2D eigenvalue weighted by molar-refractivity contribution is 0.398. The van der Waals surface area contributed by atoms with Crippen LogP contribution in [-0.2, 0) is 6.42 Å². The fourth-order valence-corrected chi connectivity index (χ4v) is 1.81. The van der Waals surface area contributed by atoms with Gasteiger partial charge in [-0.25, -0.2) is 9.97 Å². The fraction of sp³-hybridized carbons (Fsp3) is 0.357. The molecule has 100 valence electrons. The summed E-state index contributed by atoms with van der Waals surface area (Å²) >= 11 is 0. The van der Waals surface area contributed by atoms with Crippen molar-refractivity contribution in [1.82, 2.24) is 15.0 Å². The number of aromatic amines is 1. The van der Waals surface area contributed by atoms with Crippen LogP contribution in [0.2, 0.25) is 0 Å². The Morgan fingerprint density at radius 3 is 2.79 bits per heavy atom. The summed E-state index contributed by atoms with van der Waals surface area (Å²) in [6.45, 7) is 4.18. The summed E-state index contributed by atoms with van der Waals surface area (Å²) in [6, 6.07) is 6.89. The molecule has 0 aromatic carbocycles. The Morgan fingerprint density at radius 1 is 1.32 bits per heavy atom. The number of methoxy groups -OCH3 is 1. The smallest absolute Gasteiger partial charge is 0.251 e. The number of nitrogens with one attached hydrogen (secondary N) is 1. The lowest BCUT2D eigenvalue weighted by atomic mass is 10.1. The second-order valence-corrected chi connectivity index (χ2v) is 4.75. The van der Waals surface area contributed by atoms with Gasteiger partial charge in [-0.2, -0.15) is 0 Å². The van der Waals surface area contributed by atoms with Crippen molar-refractivity contribution in [3.63, 3.8) is 0 Å². The largest absolute Gasteiger partial charge is 0.481 e. The molecule has 2 rings (SSSR count). The van der Waals surface area contributed by atoms with Crippen LogP contribution in [0.5, 0.6) is 5.88 Å². The molecule has 0 atom stereocenters. The van der Waals surface area contributed by atoms with Crippen molar-refractivity contribution in [2.45, 2.75) is 20.3 Å². The molecule has 5 heteroatoms. The Labute approximate surface area is 111 Å². The standard InChI is InChI=1S/C14H17N3O2/c1-9(2)7-10-8-12(18)17-14(15-10)11-5-4-6-13(16-11)19-3/h4-6,8-9H,7H2,1-3H3,(H,15,17,18). The van der Waals surface area contributed by atoms with Crippen LogP contribution >= 0.6 is 0 Å². The Hall–Kier alpha value is -2.17. The van der Waals surface area contributed by atoms with Gasteiger partial charge in [-0.15, -0.1) is 0 Å². The molecule has 0 fully saturated rings. The van der Waals surface area contributed by atoms with E-state index in [4.69, 9.17) is 4.74 Å². The normalized spacial score (nSPS) is 10.7. The van der Waals surface area contributed by atoms with Gasteiger partial charge in [-0.05, 0) is 18.4 Å². The Kier molecular flexibility index (Phi) is 3.94. The van der Waals surface area contributed by atoms with Gasteiger partial charge in [0.05, 0.1) is 7.11 Å². The van der Waals surface area contributed by atoms with Gasteiger partial charge in [0.25, 0.3) is 5.56 Å². The van der Waals surface area contributed by atoms with Gasteiger partial charge in [-0.1, -0.05) is 19.9 Å². The van der Waals surface area contributed by atoms with E-state index in [2.05, 4.69) is 28.8 Å². The van der Waals surface area contributed by atoms with Crippen LogP contribution in [0.4, 0.5) is 0 Å². The zero-order chi connectivity index (χ0) is 13.8. The highest BCUT2D eigenvalue weighted by molar-refractivity contribution is 5.49. The predicted molar refractivity (Wildman–Crippen MR) is 73.2 cm³/mol. The van der Waals surface area contributed by atoms with E-state index in [0.29, 0.717) is 23.3 Å². The van der Waals surface area contributed by atoms with Crippen LogP contribution in [0.3, 0.4) is 0 Å². The molecule has 0 aliphatic heterocycles. The fourth-order valence-electron chi connectivity index (χ4n) is 1.81. The van der Waals surface area contributed by atoms with Crippen molar-refractivity contribution in [1.29, 1.82) is 0 Å². The third kappa shape index (κ3) is 3.40. The lowest BCUT2D eigenvalue weighted by Gasteiger charge is -2.07. The van der Waals surface area contributed by atoms with Crippen molar-refractivity contribution in [2.75, 3.05) is 7.11 Å². The van der Waals surface area contributed by atoms with E-state index in [0.717, 1.165) is 12.1 Å². The molecule has 0 spiro atoms. The van der Waals surface area contributed by atoms with Crippen molar-refractivity contribution in [2.24, 2.45) is 5.92 Å². The number of nitrogens with zero attached hydrogens (tertiary/aromatic N) is 2. The second-order valence-electron chi connectivity index (χ2n) is 4.75. The molecular formula is C14H17N3O2. The third-order valence-corrected chi connectivity index (χ3v) is 2.59. The number of rotatable bonds is 4. The Balaban J connectivity index is 2.43. The van der Waals surface area contributed by atoms with Crippen LogP contribution in [0.1, 0.15) is 19.5 Å². The monoisotopic (exact) mass is 259 g/mol. The van der Waals surface area contributed by atoms with E-state index >= 15 is 0 Å². The first-order valence-electron chi connectivity index (χ1n) is 6.20. The third-order valence-electron chi connectivity index (χ3n) is 2.59. The molecule has 0 aliphatic rings. The maximum Gasteiger partial charge on any atom is 0.251 e. The first-order chi connectivity index (χ1) is 9.08. The van der Waals surface area contributed by atoms with Crippen molar-refractivity contribution in [3.8, 4) is 17.4 Å². The highest BCUT2D eigenvalue weighted by atomic mass is 16.5. The first-order valence-corrected chi connectivity index (χ1v) is 6.20. The molecule has 0 aliphatic carbocycles. The molecule has 2 aromatic heterocycles. The maximum absolute atomic E-state index is 11.7. The van der Waals surface area contributed by atoms with E-state index in [9.17, 15) is 4.79 Å². The number of hydrogen-bond acceptors (Lipinski definition) is 4. The molecule has 0 saturated carbocycles. The Bertz CT molecular complexity index is 620. The topological polar surface area (TPSA) is 67.9 Å². The van der Waals surface area contributed by atoms with E-state index in [1.165, 1.54) is 6.07 Å². The summed E-state index contributed by atoms with van der Waals surface area (Å²) in [4.78, 5) is 23.1. The molecular weight excluding hydrogens is 242 g/mol. The van der Waals surface area contributed by atoms with Gasteiger partial charge in [0, 0.05) is 17.8 Å². The highest BCUT2D eigenvalue weighted by Gasteiger charge is 2.07. The van der Waals surface area contributed by atoms with Crippen molar-refractivity contribution in [3.05, 3.63) is 40.3 Å². The quantitative estimate of drug-likeness (QED) is 0.912. The summed E-state index contributed by atoms with van der Waals surface area (Å²) in [6.07, 6.45) is 0.765. The molecule has 0 radical (unpaired) electrons. The van der Waals surface area contributed by atoms with Crippen molar-refractivity contribution >= 4 is 0 Å². The zero-order valence-electron chi connectivity index (χ0n) is 11.3. The number of aromatic nitrogens is 3. The van der Waals surface area contributed by atoms with Crippen LogP contribution in [0.25, 0.3) is 11.5 Å². The van der Waals surface area contributed by atoms with Crippen LogP contribution < -0.4 is 10.3 Å². The maximum atomic E-state index is 11.7. The van der Waals surface area contributed by atoms with Gasteiger partial charge < -0.3 is 9.72 Å². The van der Waals surface area contributed by atoms with E-state index in [1.807, 2.05) is 6.07 Å². The number of pyridine rings is 1. The summed E-state index contributed by atoms with van der Waals surface area (Å²) in [7, 11) is 1.55. The Morgan fingerprint density at radius 2 is 2.11 bits per heavy atom. The van der Waals surface area contributed by atoms with E-state index in [-0.39, 0.29) is 5.56 Å². The van der Waals surface area contributed by atoms with Crippen LogP contribution in [-0.4, -0.2) is 22.1 Å². The van der Waals surface area contributed by atoms with Gasteiger partial charge in [0.1, 0.15) is 5.69 Å². The van der Waals surface area contributed by atoms with Gasteiger partial charge in [0.2, 0.25) is 5.88 Å². The van der Waals surface area contributed by atoms with Gasteiger partial charge in [-0.3, -0.25) is 4.79 Å². The highest BCUT2D eigenvalue weighted by Crippen LogP contribution is 2.15. The first kappa shape index (κ1) is 13.3. The van der Waals surface area contributed by atoms with E-state index < -0.39 is 0 Å². The molecule has 1 N–H and O–H groups in total. The van der Waals surface area contributed by atoms with Crippen molar-refractivity contribution < 1.29 is 4.74 Å². The van der Waals surface area contributed by atoms with Crippen LogP contribution in [0.15, 0.2) is 29.1 Å². The molecule has 19 heavy (non-hydrogen) atoms. The van der Waals surface area contributed by atoms with Gasteiger partial charge >= 0.3 is 0 Å². The zero-order valence-corrected chi connectivity index (χ0v) is 11.3. The number of ether oxygens (including phenoxy) is 1. The summed E-state index contributed by atoms with van der Waals surface area (Å²) < 4.78 is 5.07. The second kappa shape index (κ2) is 5.65. The molecule has 2 heterocycles. The number of H-pyrrole nitrogens is 1. The average molecular weight is 259 g/mol. The summed E-state index contributed by atoms with van der Waals surface area (Å²) in [5.74, 6) is 1.41. The molecule has 0 amide bonds. The van der Waals surface area contributed by atoms with E-state index in [1.54, 1.807) is 19.2 Å².